The van der Waals surface area contributed by atoms with Crippen molar-refractivity contribution in [3.8, 4) is 11.4 Å². The highest BCUT2D eigenvalue weighted by Crippen LogP contribution is 2.22. The predicted molar refractivity (Wildman–Crippen MR) is 110 cm³/mol. The van der Waals surface area contributed by atoms with Gasteiger partial charge in [0.15, 0.2) is 0 Å². The number of ether oxygens (including phenoxy) is 2. The number of likely N-dealkylation sites (N-methyl/N-ethyl adjacent to an activating group) is 1. The van der Waals surface area contributed by atoms with Crippen molar-refractivity contribution in [1.82, 2.24) is 19.4 Å². The fourth-order valence-electron chi connectivity index (χ4n) is 2.74. The highest BCUT2D eigenvalue weighted by Gasteiger charge is 2.14. The van der Waals surface area contributed by atoms with E-state index in [1.807, 2.05) is 54.1 Å². The van der Waals surface area contributed by atoms with E-state index in [1.165, 1.54) is 4.90 Å². The number of rotatable bonds is 8. The molecule has 152 valence electrons. The Balaban J connectivity index is 1.46. The number of aromatic nitrogens is 3. The van der Waals surface area contributed by atoms with Gasteiger partial charge in [-0.25, -0.2) is 14.8 Å². The molecule has 2 heterocycles. The quantitative estimate of drug-likeness (QED) is 0.412. The summed E-state index contributed by atoms with van der Waals surface area (Å²) in [4.78, 5) is 22.3. The van der Waals surface area contributed by atoms with E-state index in [4.69, 9.17) is 21.1 Å². The molecule has 0 spiro atoms. The minimum Gasteiger partial charge on any atom is -0.445 e. The second-order valence-corrected chi connectivity index (χ2v) is 6.90. The smallest absolute Gasteiger partial charge is 0.409 e. The van der Waals surface area contributed by atoms with E-state index in [9.17, 15) is 4.79 Å². The van der Waals surface area contributed by atoms with Crippen LogP contribution in [0.25, 0.3) is 11.4 Å². The van der Waals surface area contributed by atoms with Crippen LogP contribution in [0.4, 0.5) is 4.79 Å². The fourth-order valence-corrected chi connectivity index (χ4v) is 2.91. The summed E-state index contributed by atoms with van der Waals surface area (Å²) in [6, 6.07) is 15.0. The van der Waals surface area contributed by atoms with Gasteiger partial charge in [0.1, 0.15) is 11.8 Å². The topological polar surface area (TPSA) is 69.5 Å². The number of amides is 1. The van der Waals surface area contributed by atoms with E-state index in [1.54, 1.807) is 19.4 Å². The average Bonchev–Trinajstić information content (AvgIpc) is 3.10. The number of carbonyl (C=O) groups is 1. The number of hydrogen-bond donors (Lipinski definition) is 0. The van der Waals surface area contributed by atoms with E-state index < -0.39 is 0 Å². The van der Waals surface area contributed by atoms with Crippen LogP contribution in [0.2, 0.25) is 5.15 Å². The molecule has 0 aliphatic rings. The van der Waals surface area contributed by atoms with Gasteiger partial charge in [0.05, 0.1) is 36.6 Å². The summed E-state index contributed by atoms with van der Waals surface area (Å²) in [5, 5.41) is 0.422. The van der Waals surface area contributed by atoms with Gasteiger partial charge in [-0.1, -0.05) is 48.0 Å². The van der Waals surface area contributed by atoms with Crippen molar-refractivity contribution in [2.75, 3.05) is 20.2 Å². The lowest BCUT2D eigenvalue weighted by atomic mass is 10.2. The Morgan fingerprint density at radius 2 is 1.93 bits per heavy atom. The second-order valence-electron chi connectivity index (χ2n) is 6.51. The third-order valence-corrected chi connectivity index (χ3v) is 4.51. The number of pyridine rings is 1. The first-order valence-corrected chi connectivity index (χ1v) is 9.55. The van der Waals surface area contributed by atoms with Crippen LogP contribution in [-0.4, -0.2) is 45.7 Å². The molecule has 0 N–H and O–H groups in total. The maximum atomic E-state index is 12.1. The van der Waals surface area contributed by atoms with Crippen LogP contribution < -0.4 is 0 Å². The number of carbonyl (C=O) groups excluding carboxylic acids is 1. The van der Waals surface area contributed by atoms with Crippen LogP contribution in [0.1, 0.15) is 11.3 Å². The summed E-state index contributed by atoms with van der Waals surface area (Å²) in [6.45, 7) is 1.31. The summed E-state index contributed by atoms with van der Waals surface area (Å²) >= 11 is 6.00. The summed E-state index contributed by atoms with van der Waals surface area (Å²) in [6.07, 6.45) is 1.32. The third-order valence-electron chi connectivity index (χ3n) is 4.30. The van der Waals surface area contributed by atoms with Crippen LogP contribution in [0, 0.1) is 0 Å². The molecule has 8 heteroatoms. The number of halogens is 1. The van der Waals surface area contributed by atoms with E-state index >= 15 is 0 Å². The lowest BCUT2D eigenvalue weighted by Gasteiger charge is -2.17. The Bertz CT molecular complexity index is 946. The Morgan fingerprint density at radius 3 is 2.69 bits per heavy atom. The molecule has 0 radical (unpaired) electrons. The van der Waals surface area contributed by atoms with Crippen molar-refractivity contribution in [2.24, 2.45) is 7.05 Å². The standard InChI is InChI=1S/C21H23ClN4O3/c1-25(21(27)29-13-16-7-4-3-5-8-16)11-12-28-14-18-20(26(2)15-23-18)17-9-6-10-19(22)24-17/h3-10,15H,11-14H2,1-2H3. The van der Waals surface area contributed by atoms with Gasteiger partial charge in [0, 0.05) is 20.6 Å². The lowest BCUT2D eigenvalue weighted by Crippen LogP contribution is -2.30. The van der Waals surface area contributed by atoms with Gasteiger partial charge in [-0.2, -0.15) is 0 Å². The molecule has 29 heavy (non-hydrogen) atoms. The van der Waals surface area contributed by atoms with E-state index in [-0.39, 0.29) is 12.7 Å². The van der Waals surface area contributed by atoms with Crippen molar-refractivity contribution in [2.45, 2.75) is 13.2 Å². The number of hydrogen-bond acceptors (Lipinski definition) is 5. The zero-order valence-electron chi connectivity index (χ0n) is 16.4. The Kier molecular flexibility index (Phi) is 7.21. The van der Waals surface area contributed by atoms with Gasteiger partial charge >= 0.3 is 6.09 Å². The predicted octanol–water partition coefficient (Wildman–Crippen LogP) is 3.92. The van der Waals surface area contributed by atoms with Gasteiger partial charge in [-0.15, -0.1) is 0 Å². The van der Waals surface area contributed by atoms with E-state index in [0.29, 0.717) is 24.9 Å². The molecule has 0 saturated carbocycles. The molecular weight excluding hydrogens is 392 g/mol. The molecule has 0 aliphatic carbocycles. The fraction of sp³-hybridized carbons (Fsp3) is 0.286. The highest BCUT2D eigenvalue weighted by molar-refractivity contribution is 6.29. The molecule has 0 saturated heterocycles. The Labute approximate surface area is 174 Å². The molecule has 7 nitrogen and oxygen atoms in total. The SMILES string of the molecule is CN(CCOCc1ncn(C)c1-c1cccc(Cl)n1)C(=O)OCc1ccccc1. The van der Waals surface area contributed by atoms with E-state index in [2.05, 4.69) is 9.97 Å². The third kappa shape index (κ3) is 5.79. The molecule has 0 atom stereocenters. The molecule has 2 aromatic heterocycles. The molecule has 1 amide bonds. The Hall–Kier alpha value is -2.90. The van der Waals surface area contributed by atoms with Crippen molar-refractivity contribution < 1.29 is 14.3 Å². The molecule has 0 bridgehead atoms. The summed E-state index contributed by atoms with van der Waals surface area (Å²) in [5.41, 5.74) is 3.29. The molecule has 3 aromatic rings. The van der Waals surface area contributed by atoms with Crippen LogP contribution in [0.5, 0.6) is 0 Å². The Morgan fingerprint density at radius 1 is 1.14 bits per heavy atom. The molecule has 0 unspecified atom stereocenters. The van der Waals surface area contributed by atoms with Crippen molar-refractivity contribution in [3.63, 3.8) is 0 Å². The minimum absolute atomic E-state index is 0.245. The second kappa shape index (κ2) is 10.0. The first-order chi connectivity index (χ1) is 14.0. The number of imidazole rings is 1. The minimum atomic E-state index is -0.390. The van der Waals surface area contributed by atoms with Crippen LogP contribution >= 0.6 is 11.6 Å². The average molecular weight is 415 g/mol. The molecule has 0 fully saturated rings. The largest absolute Gasteiger partial charge is 0.445 e. The van der Waals surface area contributed by atoms with Gasteiger partial charge in [-0.3, -0.25) is 0 Å². The van der Waals surface area contributed by atoms with Gasteiger partial charge in [0.2, 0.25) is 0 Å². The maximum absolute atomic E-state index is 12.1. The van der Waals surface area contributed by atoms with E-state index in [0.717, 1.165) is 22.6 Å². The first kappa shape index (κ1) is 20.8. The van der Waals surface area contributed by atoms with Gasteiger partial charge in [0.25, 0.3) is 0 Å². The summed E-state index contributed by atoms with van der Waals surface area (Å²) < 4.78 is 12.9. The number of aryl methyl sites for hydroxylation is 1. The van der Waals surface area contributed by atoms with Crippen LogP contribution in [0.15, 0.2) is 54.9 Å². The normalized spacial score (nSPS) is 10.7. The summed E-state index contributed by atoms with van der Waals surface area (Å²) in [7, 11) is 3.57. The lowest BCUT2D eigenvalue weighted by molar-refractivity contribution is 0.0741. The molecule has 3 rings (SSSR count). The van der Waals surface area contributed by atoms with Crippen molar-refractivity contribution >= 4 is 17.7 Å². The monoisotopic (exact) mass is 414 g/mol. The first-order valence-electron chi connectivity index (χ1n) is 9.17. The van der Waals surface area contributed by atoms with Crippen molar-refractivity contribution in [3.05, 3.63) is 71.3 Å². The number of benzene rings is 1. The van der Waals surface area contributed by atoms with Gasteiger partial charge in [-0.05, 0) is 17.7 Å². The summed E-state index contributed by atoms with van der Waals surface area (Å²) in [5.74, 6) is 0. The molecular formula is C21H23ClN4O3. The zero-order valence-corrected chi connectivity index (χ0v) is 17.2. The highest BCUT2D eigenvalue weighted by atomic mass is 35.5. The number of nitrogens with zero attached hydrogens (tertiary/aromatic N) is 4. The van der Waals surface area contributed by atoms with Crippen LogP contribution in [0.3, 0.4) is 0 Å². The molecule has 0 aliphatic heterocycles. The zero-order chi connectivity index (χ0) is 20.6. The van der Waals surface area contributed by atoms with Crippen LogP contribution in [-0.2, 0) is 29.7 Å². The molecule has 1 aromatic carbocycles. The van der Waals surface area contributed by atoms with Gasteiger partial charge < -0.3 is 18.9 Å². The van der Waals surface area contributed by atoms with Crippen molar-refractivity contribution in [1.29, 1.82) is 0 Å². The maximum Gasteiger partial charge on any atom is 0.409 e.